The quantitative estimate of drug-likeness (QED) is 0.743. The number of nitroso groups, excluding NO2 is 2. The van der Waals surface area contributed by atoms with Crippen molar-refractivity contribution in [3.63, 3.8) is 0 Å². The lowest BCUT2D eigenvalue weighted by molar-refractivity contribution is 0.483. The predicted octanol–water partition coefficient (Wildman–Crippen LogP) is 3.88. The van der Waals surface area contributed by atoms with E-state index in [2.05, 4.69) is 22.5 Å². The fraction of sp³-hybridized carbons (Fsp3) is 0. The van der Waals surface area contributed by atoms with Crippen molar-refractivity contribution < 1.29 is 4.74 Å². The Morgan fingerprint density at radius 2 is 1.65 bits per heavy atom. The normalized spacial score (nSPS) is 9.18. The minimum absolute atomic E-state index is 0.165. The molecule has 0 saturated heterocycles. The molecule has 0 fully saturated rings. The van der Waals surface area contributed by atoms with Crippen molar-refractivity contribution in [1.82, 2.24) is 0 Å². The number of benzene rings is 1. The van der Waals surface area contributed by atoms with E-state index in [-0.39, 0.29) is 5.69 Å². The molecular weight excluding hydrogens is 220 g/mol. The Hall–Kier alpha value is -2.74. The molecule has 5 nitrogen and oxygen atoms in total. The first kappa shape index (κ1) is 10.8. The van der Waals surface area contributed by atoms with Crippen LogP contribution >= 0.6 is 0 Å². The summed E-state index contributed by atoms with van der Waals surface area (Å²) in [5.41, 5.74) is 0.492. The molecule has 17 heavy (non-hydrogen) atoms. The fourth-order valence-electron chi connectivity index (χ4n) is 1.18. The molecule has 2 rings (SSSR count). The van der Waals surface area contributed by atoms with Crippen LogP contribution in [0.3, 0.4) is 0 Å². The summed E-state index contributed by atoms with van der Waals surface area (Å²) < 4.78 is 5.40. The molecule has 82 valence electrons. The maximum absolute atomic E-state index is 10.2. The van der Waals surface area contributed by atoms with Crippen LogP contribution in [-0.4, -0.2) is 0 Å². The molecule has 2 aromatic carbocycles. The zero-order chi connectivity index (χ0) is 12.1. The second-order valence-corrected chi connectivity index (χ2v) is 3.11. The van der Waals surface area contributed by atoms with E-state index in [0.29, 0.717) is 17.2 Å². The highest BCUT2D eigenvalue weighted by Crippen LogP contribution is 2.23. The lowest BCUT2D eigenvalue weighted by Crippen LogP contribution is -1.81. The van der Waals surface area contributed by atoms with Crippen LogP contribution in [0.2, 0.25) is 0 Å². The molecule has 0 amide bonds. The van der Waals surface area contributed by atoms with Crippen molar-refractivity contribution in [3.05, 3.63) is 58.3 Å². The summed E-state index contributed by atoms with van der Waals surface area (Å²) in [7, 11) is 0. The number of hydrogen-bond donors (Lipinski definition) is 0. The molecule has 0 aromatic heterocycles. The maximum Gasteiger partial charge on any atom is 0.177 e. The maximum atomic E-state index is 10.2. The average Bonchev–Trinajstić information content (AvgIpc) is 2.40. The lowest BCUT2D eigenvalue weighted by Gasteiger charge is -2.02. The average molecular weight is 226 g/mol. The summed E-state index contributed by atoms with van der Waals surface area (Å²) in [4.78, 5) is 20.4. The number of nitrogens with zero attached hydrogens (tertiary/aromatic N) is 2. The van der Waals surface area contributed by atoms with E-state index in [1.807, 2.05) is 0 Å². The third-order valence-corrected chi connectivity index (χ3v) is 1.97. The van der Waals surface area contributed by atoms with Crippen LogP contribution in [0.1, 0.15) is 0 Å². The van der Waals surface area contributed by atoms with Gasteiger partial charge in [0.25, 0.3) is 0 Å². The molecular formula is C12H6N2O3. The molecule has 0 aliphatic rings. The van der Waals surface area contributed by atoms with E-state index in [1.54, 1.807) is 18.2 Å². The van der Waals surface area contributed by atoms with Gasteiger partial charge in [0.05, 0.1) is 0 Å². The third-order valence-electron chi connectivity index (χ3n) is 1.97. The van der Waals surface area contributed by atoms with E-state index < -0.39 is 0 Å². The highest BCUT2D eigenvalue weighted by Gasteiger charge is 1.98. The van der Waals surface area contributed by atoms with E-state index in [1.165, 1.54) is 18.2 Å². The standard InChI is InChI=1S/C12H6N2O3/c15-13-9-1-5-11(6-2-9)17-12-7-3-10(14-16)4-8-12/h1-3,5-7H. The summed E-state index contributed by atoms with van der Waals surface area (Å²) in [6, 6.07) is 14.5. The van der Waals surface area contributed by atoms with Crippen LogP contribution in [0.15, 0.2) is 46.8 Å². The van der Waals surface area contributed by atoms with Crippen molar-refractivity contribution in [1.29, 1.82) is 0 Å². The first-order valence-electron chi connectivity index (χ1n) is 4.70. The Morgan fingerprint density at radius 3 is 2.18 bits per heavy atom. The molecule has 5 heteroatoms. The fourth-order valence-corrected chi connectivity index (χ4v) is 1.18. The molecule has 0 heterocycles. The largest absolute Gasteiger partial charge is 0.448 e. The molecule has 0 unspecified atom stereocenters. The van der Waals surface area contributed by atoms with Crippen LogP contribution in [0, 0.1) is 21.9 Å². The summed E-state index contributed by atoms with van der Waals surface area (Å²) in [6.45, 7) is 0. The second-order valence-electron chi connectivity index (χ2n) is 3.11. The Balaban J connectivity index is 2.13. The predicted molar refractivity (Wildman–Crippen MR) is 61.5 cm³/mol. The Labute approximate surface area is 97.0 Å². The van der Waals surface area contributed by atoms with Crippen molar-refractivity contribution in [3.8, 4) is 11.5 Å². The van der Waals surface area contributed by atoms with Gasteiger partial charge < -0.3 is 4.74 Å². The van der Waals surface area contributed by atoms with Crippen molar-refractivity contribution in [2.75, 3.05) is 0 Å². The second kappa shape index (κ2) is 4.86. The van der Waals surface area contributed by atoms with Gasteiger partial charge in [-0.05, 0) is 58.9 Å². The molecule has 0 spiro atoms. The first-order chi connectivity index (χ1) is 8.31. The minimum Gasteiger partial charge on any atom is -0.448 e. The van der Waals surface area contributed by atoms with Crippen molar-refractivity contribution >= 4 is 11.4 Å². The zero-order valence-corrected chi connectivity index (χ0v) is 8.58. The van der Waals surface area contributed by atoms with Gasteiger partial charge in [0.1, 0.15) is 11.4 Å². The van der Waals surface area contributed by atoms with Gasteiger partial charge in [0, 0.05) is 0 Å². The minimum atomic E-state index is 0.165. The summed E-state index contributed by atoms with van der Waals surface area (Å²) in [5, 5.41) is 5.48. The van der Waals surface area contributed by atoms with Crippen LogP contribution in [0.25, 0.3) is 0 Å². The lowest BCUT2D eigenvalue weighted by atomic mass is 10.3. The van der Waals surface area contributed by atoms with Crippen LogP contribution in [0.5, 0.6) is 11.5 Å². The van der Waals surface area contributed by atoms with E-state index in [9.17, 15) is 9.81 Å². The highest BCUT2D eigenvalue weighted by atomic mass is 16.5. The SMILES string of the molecule is O=Nc1c#cc(Oc2ccc(N=O)cc2)cc1. The summed E-state index contributed by atoms with van der Waals surface area (Å²) >= 11 is 0. The van der Waals surface area contributed by atoms with Gasteiger partial charge in [-0.15, -0.1) is 9.81 Å². The van der Waals surface area contributed by atoms with Gasteiger partial charge in [0.15, 0.2) is 11.4 Å². The van der Waals surface area contributed by atoms with Crippen molar-refractivity contribution in [2.24, 2.45) is 10.4 Å². The molecule has 0 saturated carbocycles. The van der Waals surface area contributed by atoms with E-state index in [0.717, 1.165) is 0 Å². The molecule has 2 aromatic rings. The van der Waals surface area contributed by atoms with Gasteiger partial charge in [-0.1, -0.05) is 0 Å². The van der Waals surface area contributed by atoms with Gasteiger partial charge in [0.2, 0.25) is 0 Å². The monoisotopic (exact) mass is 226 g/mol. The summed E-state index contributed by atoms with van der Waals surface area (Å²) in [5.74, 6) is 0.943. The number of rotatable bonds is 4. The summed E-state index contributed by atoms with van der Waals surface area (Å²) in [6.07, 6.45) is 0. The van der Waals surface area contributed by atoms with Gasteiger partial charge >= 0.3 is 0 Å². The zero-order valence-electron chi connectivity index (χ0n) is 8.58. The van der Waals surface area contributed by atoms with Crippen LogP contribution in [-0.2, 0) is 0 Å². The van der Waals surface area contributed by atoms with Crippen LogP contribution in [0.4, 0.5) is 11.4 Å². The molecule has 0 atom stereocenters. The molecule has 0 aliphatic heterocycles. The third kappa shape index (κ3) is 2.63. The van der Waals surface area contributed by atoms with Crippen LogP contribution < -0.4 is 4.74 Å². The van der Waals surface area contributed by atoms with Crippen molar-refractivity contribution in [2.45, 2.75) is 0 Å². The Bertz CT molecular complexity index is 471. The molecule has 0 bridgehead atoms. The van der Waals surface area contributed by atoms with E-state index in [4.69, 9.17) is 4.74 Å². The Kier molecular flexibility index (Phi) is 3.08. The first-order valence-corrected chi connectivity index (χ1v) is 4.70. The molecule has 0 radical (unpaired) electrons. The number of hydrogen-bond acceptors (Lipinski definition) is 5. The molecule has 0 N–H and O–H groups in total. The number of ether oxygens (including phenoxy) is 1. The van der Waals surface area contributed by atoms with E-state index >= 15 is 0 Å². The Morgan fingerprint density at radius 1 is 0.882 bits per heavy atom. The van der Waals surface area contributed by atoms with Gasteiger partial charge in [-0.2, -0.15) is 0 Å². The highest BCUT2D eigenvalue weighted by molar-refractivity contribution is 5.42. The van der Waals surface area contributed by atoms with Gasteiger partial charge in [-0.25, -0.2) is 0 Å². The topological polar surface area (TPSA) is 68.1 Å². The smallest absolute Gasteiger partial charge is 0.177 e. The van der Waals surface area contributed by atoms with Gasteiger partial charge in [-0.3, -0.25) is 0 Å². The molecule has 0 aliphatic carbocycles.